The van der Waals surface area contributed by atoms with Gasteiger partial charge in [-0.25, -0.2) is 4.79 Å². The topological polar surface area (TPSA) is 55.4 Å². The Bertz CT molecular complexity index is 672. The molecular weight excluding hydrogens is 389 g/mol. The summed E-state index contributed by atoms with van der Waals surface area (Å²) < 4.78 is 4.94. The molecule has 0 unspecified atom stereocenters. The lowest BCUT2D eigenvalue weighted by Gasteiger charge is -2.08. The maximum atomic E-state index is 11.9. The van der Waals surface area contributed by atoms with Gasteiger partial charge in [0.25, 0.3) is 5.91 Å². The average molecular weight is 404 g/mol. The van der Waals surface area contributed by atoms with Gasteiger partial charge >= 0.3 is 5.97 Å². The number of rotatable bonds is 8. The molecule has 0 bridgehead atoms. The molecule has 0 fully saturated rings. The number of thiophene rings is 1. The molecule has 0 spiro atoms. The van der Waals surface area contributed by atoms with Gasteiger partial charge in [0.15, 0.2) is 6.61 Å². The van der Waals surface area contributed by atoms with E-state index in [2.05, 4.69) is 11.4 Å². The molecular formula is C16H15Cl2NO3S2. The summed E-state index contributed by atoms with van der Waals surface area (Å²) in [5, 5.41) is 5.12. The molecule has 1 aromatic heterocycles. The van der Waals surface area contributed by atoms with Crippen LogP contribution in [0.1, 0.15) is 15.2 Å². The number of amides is 1. The molecule has 4 nitrogen and oxygen atoms in total. The van der Waals surface area contributed by atoms with Gasteiger partial charge in [-0.15, -0.1) is 11.3 Å². The smallest absolute Gasteiger partial charge is 0.341 e. The molecule has 0 atom stereocenters. The maximum Gasteiger partial charge on any atom is 0.341 e. The number of hydrogen-bond donors (Lipinski definition) is 1. The van der Waals surface area contributed by atoms with Gasteiger partial charge in [0.05, 0.1) is 15.6 Å². The molecule has 128 valence electrons. The molecule has 0 aliphatic carbocycles. The van der Waals surface area contributed by atoms with Gasteiger partial charge in [-0.2, -0.15) is 11.8 Å². The highest BCUT2D eigenvalue weighted by atomic mass is 35.5. The lowest BCUT2D eigenvalue weighted by Crippen LogP contribution is -2.30. The zero-order valence-electron chi connectivity index (χ0n) is 12.6. The number of carbonyl (C=O) groups is 2. The lowest BCUT2D eigenvalue weighted by atomic mass is 10.2. The summed E-state index contributed by atoms with van der Waals surface area (Å²) in [5.41, 5.74) is 0.0696. The van der Waals surface area contributed by atoms with Crippen molar-refractivity contribution < 1.29 is 14.3 Å². The van der Waals surface area contributed by atoms with Crippen molar-refractivity contribution in [2.75, 3.05) is 18.9 Å². The highest BCUT2D eigenvalue weighted by molar-refractivity contribution is 7.98. The summed E-state index contributed by atoms with van der Waals surface area (Å²) in [6.07, 6.45) is 0. The summed E-state index contributed by atoms with van der Waals surface area (Å²) in [7, 11) is 0. The Labute approximate surface area is 158 Å². The van der Waals surface area contributed by atoms with E-state index < -0.39 is 5.97 Å². The van der Waals surface area contributed by atoms with Crippen molar-refractivity contribution in [2.24, 2.45) is 0 Å². The van der Waals surface area contributed by atoms with E-state index in [4.69, 9.17) is 27.9 Å². The fourth-order valence-electron chi connectivity index (χ4n) is 1.78. The second-order valence-corrected chi connectivity index (χ2v) is 7.61. The molecule has 0 radical (unpaired) electrons. The molecule has 24 heavy (non-hydrogen) atoms. The second-order valence-electron chi connectivity index (χ2n) is 4.65. The second kappa shape index (κ2) is 9.93. The summed E-state index contributed by atoms with van der Waals surface area (Å²) in [6.45, 7) is 0.148. The van der Waals surface area contributed by atoms with Crippen molar-refractivity contribution >= 4 is 58.2 Å². The van der Waals surface area contributed by atoms with Gasteiger partial charge < -0.3 is 10.1 Å². The molecule has 0 aliphatic rings. The zero-order valence-corrected chi connectivity index (χ0v) is 15.7. The van der Waals surface area contributed by atoms with Crippen molar-refractivity contribution in [3.63, 3.8) is 0 Å². The summed E-state index contributed by atoms with van der Waals surface area (Å²) in [6, 6.07) is 8.79. The molecule has 1 heterocycles. The average Bonchev–Trinajstić information content (AvgIpc) is 3.06. The zero-order chi connectivity index (χ0) is 17.4. The minimum absolute atomic E-state index is 0.0696. The number of ether oxygens (including phenoxy) is 1. The van der Waals surface area contributed by atoms with E-state index in [0.29, 0.717) is 6.54 Å². The first-order valence-corrected chi connectivity index (χ1v) is 9.85. The van der Waals surface area contributed by atoms with Crippen molar-refractivity contribution in [3.8, 4) is 0 Å². The first-order valence-electron chi connectivity index (χ1n) is 7.06. The van der Waals surface area contributed by atoms with E-state index in [1.54, 1.807) is 29.2 Å². The molecule has 8 heteroatoms. The molecule has 2 aromatic rings. The van der Waals surface area contributed by atoms with Crippen LogP contribution in [0.2, 0.25) is 10.0 Å². The number of hydrogen-bond acceptors (Lipinski definition) is 5. The Morgan fingerprint density at radius 2 is 1.92 bits per heavy atom. The Morgan fingerprint density at radius 1 is 1.17 bits per heavy atom. The normalized spacial score (nSPS) is 10.4. The number of nitrogens with one attached hydrogen (secondary N) is 1. The number of thioether (sulfide) groups is 1. The van der Waals surface area contributed by atoms with Crippen molar-refractivity contribution in [2.45, 2.75) is 5.75 Å². The van der Waals surface area contributed by atoms with E-state index in [1.165, 1.54) is 17.0 Å². The maximum absolute atomic E-state index is 11.9. The van der Waals surface area contributed by atoms with Crippen molar-refractivity contribution in [3.05, 3.63) is 56.2 Å². The summed E-state index contributed by atoms with van der Waals surface area (Å²) in [4.78, 5) is 24.9. The summed E-state index contributed by atoms with van der Waals surface area (Å²) in [5.74, 6) is 0.637. The fourth-order valence-corrected chi connectivity index (χ4v) is 4.03. The molecule has 1 N–H and O–H groups in total. The van der Waals surface area contributed by atoms with Crippen LogP contribution in [-0.4, -0.2) is 30.8 Å². The highest BCUT2D eigenvalue weighted by Gasteiger charge is 2.17. The first kappa shape index (κ1) is 19.1. The van der Waals surface area contributed by atoms with E-state index >= 15 is 0 Å². The number of esters is 1. The summed E-state index contributed by atoms with van der Waals surface area (Å²) >= 11 is 15.3. The Hall–Kier alpha value is -1.21. The van der Waals surface area contributed by atoms with E-state index in [9.17, 15) is 9.59 Å². The lowest BCUT2D eigenvalue weighted by molar-refractivity contribution is -0.124. The highest BCUT2D eigenvalue weighted by Crippen LogP contribution is 2.24. The van der Waals surface area contributed by atoms with Crippen LogP contribution in [0.5, 0.6) is 0 Å². The molecule has 2 rings (SSSR count). The third-order valence-electron chi connectivity index (χ3n) is 2.89. The fraction of sp³-hybridized carbons (Fsp3) is 0.250. The van der Waals surface area contributed by atoms with Crippen molar-refractivity contribution in [1.82, 2.24) is 5.32 Å². The largest absolute Gasteiger partial charge is 0.452 e. The quantitative estimate of drug-likeness (QED) is 0.528. The van der Waals surface area contributed by atoms with E-state index in [0.717, 1.165) is 11.5 Å². The van der Waals surface area contributed by atoms with Crippen LogP contribution < -0.4 is 5.32 Å². The third kappa shape index (κ3) is 6.02. The van der Waals surface area contributed by atoms with Gasteiger partial charge in [0.1, 0.15) is 0 Å². The Morgan fingerprint density at radius 3 is 2.58 bits per heavy atom. The first-order chi connectivity index (χ1) is 11.6. The Balaban J connectivity index is 1.65. The monoisotopic (exact) mass is 403 g/mol. The SMILES string of the molecule is O=C(COC(=O)c1c(Cl)cccc1Cl)NCCSCc1cccs1. The van der Waals surface area contributed by atoms with E-state index in [-0.39, 0.29) is 28.1 Å². The molecule has 0 saturated heterocycles. The van der Waals surface area contributed by atoms with Crippen LogP contribution in [0, 0.1) is 0 Å². The van der Waals surface area contributed by atoms with Crippen LogP contribution in [-0.2, 0) is 15.3 Å². The van der Waals surface area contributed by atoms with Gasteiger partial charge in [0.2, 0.25) is 0 Å². The predicted octanol–water partition coefficient (Wildman–Crippen LogP) is 4.26. The Kier molecular flexibility index (Phi) is 7.91. The van der Waals surface area contributed by atoms with Gasteiger partial charge in [0, 0.05) is 22.9 Å². The van der Waals surface area contributed by atoms with Crippen LogP contribution >= 0.6 is 46.3 Å². The van der Waals surface area contributed by atoms with E-state index in [1.807, 2.05) is 11.4 Å². The van der Waals surface area contributed by atoms with Crippen LogP contribution in [0.25, 0.3) is 0 Å². The van der Waals surface area contributed by atoms with Crippen LogP contribution in [0.3, 0.4) is 0 Å². The minimum Gasteiger partial charge on any atom is -0.452 e. The van der Waals surface area contributed by atoms with Gasteiger partial charge in [-0.1, -0.05) is 35.3 Å². The predicted molar refractivity (Wildman–Crippen MR) is 100 cm³/mol. The standard InChI is InChI=1S/C16H15Cl2NO3S2/c17-12-4-1-5-13(18)15(12)16(21)22-9-14(20)19-6-8-23-10-11-3-2-7-24-11/h1-5,7H,6,8-10H2,(H,19,20). The molecule has 0 saturated carbocycles. The third-order valence-corrected chi connectivity index (χ3v) is 5.59. The number of carbonyl (C=O) groups excluding carboxylic acids is 2. The molecule has 1 aromatic carbocycles. The number of benzene rings is 1. The van der Waals surface area contributed by atoms with Crippen LogP contribution in [0.15, 0.2) is 35.7 Å². The molecule has 1 amide bonds. The van der Waals surface area contributed by atoms with Gasteiger partial charge in [-0.3, -0.25) is 4.79 Å². The minimum atomic E-state index is -0.715. The van der Waals surface area contributed by atoms with Crippen LogP contribution in [0.4, 0.5) is 0 Å². The van der Waals surface area contributed by atoms with Gasteiger partial charge in [-0.05, 0) is 23.6 Å². The van der Waals surface area contributed by atoms with Crippen molar-refractivity contribution in [1.29, 1.82) is 0 Å². The number of halogens is 2. The molecule has 0 aliphatic heterocycles.